The molecule has 0 bridgehead atoms. The third-order valence-corrected chi connectivity index (χ3v) is 2.47. The lowest BCUT2D eigenvalue weighted by Crippen LogP contribution is -2.27. The third kappa shape index (κ3) is 6.90. The van der Waals surface area contributed by atoms with Gasteiger partial charge in [0.25, 0.3) is 0 Å². The maximum absolute atomic E-state index is 11.8. The minimum Gasteiger partial charge on any atom is -0.494 e. The predicted octanol–water partition coefficient (Wildman–Crippen LogP) is 2.98. The van der Waals surface area contributed by atoms with Crippen molar-refractivity contribution in [3.63, 3.8) is 0 Å². The number of hydrogen-bond donors (Lipinski definition) is 1. The summed E-state index contributed by atoms with van der Waals surface area (Å²) in [5.41, 5.74) is -0.162. The van der Waals surface area contributed by atoms with E-state index in [2.05, 4.69) is 5.32 Å². The van der Waals surface area contributed by atoms with Gasteiger partial charge in [0, 0.05) is 6.07 Å². The molecule has 7 heteroatoms. The van der Waals surface area contributed by atoms with Crippen LogP contribution in [0.3, 0.4) is 0 Å². The number of esters is 1. The Hall–Kier alpha value is -2.44. The summed E-state index contributed by atoms with van der Waals surface area (Å²) >= 11 is 0. The van der Waals surface area contributed by atoms with Crippen molar-refractivity contribution in [2.45, 2.75) is 33.3 Å². The lowest BCUT2D eigenvalue weighted by Gasteiger charge is -2.20. The summed E-state index contributed by atoms with van der Waals surface area (Å²) in [5.74, 6) is 0.351. The van der Waals surface area contributed by atoms with Crippen LogP contribution in [-0.4, -0.2) is 38.0 Å². The fourth-order valence-electron chi connectivity index (χ4n) is 1.62. The van der Waals surface area contributed by atoms with Gasteiger partial charge in [-0.25, -0.2) is 9.59 Å². The Morgan fingerprint density at radius 1 is 1.22 bits per heavy atom. The maximum atomic E-state index is 11.8. The molecule has 128 valence electrons. The zero-order chi connectivity index (χ0) is 17.5. The van der Waals surface area contributed by atoms with Crippen LogP contribution >= 0.6 is 0 Å². The highest BCUT2D eigenvalue weighted by atomic mass is 16.6. The van der Waals surface area contributed by atoms with E-state index in [1.165, 1.54) is 7.11 Å². The van der Waals surface area contributed by atoms with Gasteiger partial charge in [0.15, 0.2) is 6.61 Å². The molecule has 0 saturated heterocycles. The summed E-state index contributed by atoms with van der Waals surface area (Å²) in [4.78, 5) is 23.1. The minimum absolute atomic E-state index is 0.199. The van der Waals surface area contributed by atoms with E-state index in [1.807, 2.05) is 0 Å². The number of hydrogen-bond acceptors (Lipinski definition) is 6. The first-order valence-electron chi connectivity index (χ1n) is 7.21. The molecule has 1 aromatic rings. The van der Waals surface area contributed by atoms with Crippen molar-refractivity contribution in [2.75, 3.05) is 25.6 Å². The van der Waals surface area contributed by atoms with Gasteiger partial charge < -0.3 is 18.9 Å². The molecular weight excluding hydrogens is 302 g/mol. The van der Waals surface area contributed by atoms with Crippen LogP contribution in [0.5, 0.6) is 11.5 Å². The molecule has 0 saturated carbocycles. The molecule has 7 nitrogen and oxygen atoms in total. The fourth-order valence-corrected chi connectivity index (χ4v) is 1.62. The summed E-state index contributed by atoms with van der Waals surface area (Å²) in [7, 11) is 1.46. The highest BCUT2D eigenvalue weighted by Gasteiger charge is 2.17. The molecule has 0 radical (unpaired) electrons. The Labute approximate surface area is 135 Å². The predicted molar refractivity (Wildman–Crippen MR) is 85.0 cm³/mol. The Kier molecular flexibility index (Phi) is 6.68. The normalized spacial score (nSPS) is 10.7. The first-order valence-corrected chi connectivity index (χ1v) is 7.21. The number of methoxy groups -OCH3 is 1. The van der Waals surface area contributed by atoms with Gasteiger partial charge in [0.05, 0.1) is 19.4 Å². The maximum Gasteiger partial charge on any atom is 0.412 e. The van der Waals surface area contributed by atoms with Gasteiger partial charge in [-0.15, -0.1) is 0 Å². The molecule has 0 aliphatic heterocycles. The Balaban J connectivity index is 2.72. The van der Waals surface area contributed by atoms with E-state index >= 15 is 0 Å². The number of nitrogens with one attached hydrogen (secondary N) is 1. The second-order valence-corrected chi connectivity index (χ2v) is 5.58. The van der Waals surface area contributed by atoms with Crippen LogP contribution in [0.25, 0.3) is 0 Å². The van der Waals surface area contributed by atoms with Crippen molar-refractivity contribution in [1.29, 1.82) is 0 Å². The van der Waals surface area contributed by atoms with Gasteiger partial charge in [-0.2, -0.15) is 0 Å². The average molecular weight is 325 g/mol. The number of carbonyl (C=O) groups excluding carboxylic acids is 2. The number of ether oxygens (including phenoxy) is 4. The Morgan fingerprint density at radius 3 is 2.48 bits per heavy atom. The van der Waals surface area contributed by atoms with E-state index < -0.39 is 17.7 Å². The number of carbonyl (C=O) groups is 2. The van der Waals surface area contributed by atoms with Crippen LogP contribution in [-0.2, 0) is 14.3 Å². The van der Waals surface area contributed by atoms with Crippen molar-refractivity contribution in [3.05, 3.63) is 18.2 Å². The van der Waals surface area contributed by atoms with Gasteiger partial charge in [-0.1, -0.05) is 0 Å². The monoisotopic (exact) mass is 325 g/mol. The van der Waals surface area contributed by atoms with Crippen molar-refractivity contribution in [2.24, 2.45) is 0 Å². The molecule has 0 aliphatic rings. The lowest BCUT2D eigenvalue weighted by molar-refractivity contribution is -0.145. The first-order chi connectivity index (χ1) is 10.7. The summed E-state index contributed by atoms with van der Waals surface area (Å²) < 4.78 is 20.5. The lowest BCUT2D eigenvalue weighted by atomic mass is 10.2. The van der Waals surface area contributed by atoms with Gasteiger partial charge >= 0.3 is 12.1 Å². The largest absolute Gasteiger partial charge is 0.494 e. The summed E-state index contributed by atoms with van der Waals surface area (Å²) in [6.45, 7) is 7.14. The molecule has 0 heterocycles. The zero-order valence-corrected chi connectivity index (χ0v) is 14.1. The Morgan fingerprint density at radius 2 is 1.91 bits per heavy atom. The average Bonchev–Trinajstić information content (AvgIpc) is 2.44. The van der Waals surface area contributed by atoms with Crippen LogP contribution in [0.2, 0.25) is 0 Å². The third-order valence-electron chi connectivity index (χ3n) is 2.47. The van der Waals surface area contributed by atoms with Crippen LogP contribution in [0.15, 0.2) is 18.2 Å². The topological polar surface area (TPSA) is 83.1 Å². The van der Waals surface area contributed by atoms with Crippen molar-refractivity contribution < 1.29 is 28.5 Å². The van der Waals surface area contributed by atoms with Crippen molar-refractivity contribution >= 4 is 17.7 Å². The van der Waals surface area contributed by atoms with E-state index in [9.17, 15) is 9.59 Å². The van der Waals surface area contributed by atoms with Gasteiger partial charge in [0.1, 0.15) is 17.1 Å². The van der Waals surface area contributed by atoms with Gasteiger partial charge in [-0.05, 0) is 39.8 Å². The SMILES string of the molecule is CCOC(=O)COc1ccc(NC(=O)OC(C)(C)C)c(OC)c1. The Bertz CT molecular complexity index is 550. The highest BCUT2D eigenvalue weighted by Crippen LogP contribution is 2.29. The molecule has 0 aliphatic carbocycles. The molecule has 23 heavy (non-hydrogen) atoms. The second-order valence-electron chi connectivity index (χ2n) is 5.58. The van der Waals surface area contributed by atoms with Crippen LogP contribution in [0, 0.1) is 0 Å². The molecule has 0 unspecified atom stereocenters. The van der Waals surface area contributed by atoms with Crippen LogP contribution in [0.4, 0.5) is 10.5 Å². The molecule has 1 rings (SSSR count). The highest BCUT2D eigenvalue weighted by molar-refractivity contribution is 5.87. The van der Waals surface area contributed by atoms with E-state index in [0.29, 0.717) is 23.8 Å². The van der Waals surface area contributed by atoms with E-state index in [0.717, 1.165) is 0 Å². The van der Waals surface area contributed by atoms with E-state index in [4.69, 9.17) is 18.9 Å². The number of rotatable bonds is 6. The number of anilines is 1. The first kappa shape index (κ1) is 18.6. The molecule has 0 spiro atoms. The quantitative estimate of drug-likeness (QED) is 0.810. The zero-order valence-electron chi connectivity index (χ0n) is 14.1. The summed E-state index contributed by atoms with van der Waals surface area (Å²) in [6.07, 6.45) is -0.587. The van der Waals surface area contributed by atoms with Gasteiger partial charge in [0.2, 0.25) is 0 Å². The number of benzene rings is 1. The van der Waals surface area contributed by atoms with Crippen LogP contribution in [0.1, 0.15) is 27.7 Å². The standard InChI is InChI=1S/C16H23NO6/c1-6-21-14(18)10-22-11-7-8-12(13(9-11)20-5)17-15(19)23-16(2,3)4/h7-9H,6,10H2,1-5H3,(H,17,19). The summed E-state index contributed by atoms with van der Waals surface area (Å²) in [6, 6.07) is 4.77. The van der Waals surface area contributed by atoms with Gasteiger partial charge in [-0.3, -0.25) is 5.32 Å². The minimum atomic E-state index is -0.597. The van der Waals surface area contributed by atoms with Crippen LogP contribution < -0.4 is 14.8 Å². The van der Waals surface area contributed by atoms with E-state index in [-0.39, 0.29) is 6.61 Å². The molecular formula is C16H23NO6. The molecule has 0 atom stereocenters. The molecule has 0 fully saturated rings. The molecule has 1 aromatic carbocycles. The van der Waals surface area contributed by atoms with Crippen molar-refractivity contribution in [1.82, 2.24) is 0 Å². The van der Waals surface area contributed by atoms with E-state index in [1.54, 1.807) is 45.9 Å². The second kappa shape index (κ2) is 8.26. The number of amides is 1. The molecule has 1 N–H and O–H groups in total. The van der Waals surface area contributed by atoms with Crippen molar-refractivity contribution in [3.8, 4) is 11.5 Å². The smallest absolute Gasteiger partial charge is 0.412 e. The summed E-state index contributed by atoms with van der Waals surface area (Å²) in [5, 5.41) is 2.60. The molecule has 0 aromatic heterocycles. The fraction of sp³-hybridized carbons (Fsp3) is 0.500. The molecule has 1 amide bonds.